The maximum absolute atomic E-state index is 11.3. The van der Waals surface area contributed by atoms with Gasteiger partial charge in [0.05, 0.1) is 23.3 Å². The third-order valence-corrected chi connectivity index (χ3v) is 4.32. The minimum absolute atomic E-state index is 0.0174. The van der Waals surface area contributed by atoms with Crippen LogP contribution < -0.4 is 20.9 Å². The van der Waals surface area contributed by atoms with Gasteiger partial charge in [0.2, 0.25) is 5.95 Å². The minimum atomic E-state index is -0.445. The number of ether oxygens (including phenoxy) is 2. The molecule has 0 spiro atoms. The van der Waals surface area contributed by atoms with Gasteiger partial charge in [0.15, 0.2) is 11.5 Å². The Kier molecular flexibility index (Phi) is 5.64. The molecule has 0 radical (unpaired) electrons. The fourth-order valence-corrected chi connectivity index (χ4v) is 2.87. The normalized spacial score (nSPS) is 10.3. The van der Waals surface area contributed by atoms with Crippen molar-refractivity contribution in [3.8, 4) is 28.8 Å². The molecule has 1 heterocycles. The molecule has 3 rings (SSSR count). The van der Waals surface area contributed by atoms with Gasteiger partial charge in [0.25, 0.3) is 5.69 Å². The Morgan fingerprint density at radius 1 is 1.17 bits per heavy atom. The molecule has 0 fully saturated rings. The summed E-state index contributed by atoms with van der Waals surface area (Å²) in [5.41, 5.74) is 13.5. The molecule has 0 aliphatic heterocycles. The zero-order valence-corrected chi connectivity index (χ0v) is 16.2. The summed E-state index contributed by atoms with van der Waals surface area (Å²) in [6.07, 6.45) is 0. The Morgan fingerprint density at radius 2 is 1.93 bits per heavy atom. The van der Waals surface area contributed by atoms with Crippen LogP contribution in [-0.2, 0) is 6.61 Å². The van der Waals surface area contributed by atoms with Crippen LogP contribution in [0.5, 0.6) is 11.5 Å². The smallest absolute Gasteiger partial charge is 0.276 e. The number of rotatable bonds is 6. The van der Waals surface area contributed by atoms with E-state index in [9.17, 15) is 15.4 Å². The maximum atomic E-state index is 11.3. The van der Waals surface area contributed by atoms with Gasteiger partial charge >= 0.3 is 0 Å². The molecule has 0 amide bonds. The summed E-state index contributed by atoms with van der Waals surface area (Å²) in [7, 11) is 1.45. The largest absolute Gasteiger partial charge is 0.493 e. The van der Waals surface area contributed by atoms with Crippen LogP contribution in [-0.4, -0.2) is 22.0 Å². The van der Waals surface area contributed by atoms with E-state index in [1.165, 1.54) is 13.2 Å². The van der Waals surface area contributed by atoms with E-state index in [2.05, 4.69) is 9.97 Å². The fourth-order valence-electron chi connectivity index (χ4n) is 2.87. The Bertz CT molecular complexity index is 1170. The van der Waals surface area contributed by atoms with Gasteiger partial charge in [0, 0.05) is 11.6 Å². The lowest BCUT2D eigenvalue weighted by atomic mass is 10.1. The molecule has 0 atom stereocenters. The second kappa shape index (κ2) is 8.32. The van der Waals surface area contributed by atoms with Crippen molar-refractivity contribution in [2.75, 3.05) is 18.6 Å². The molecule has 0 aliphatic rings. The third kappa shape index (κ3) is 4.05. The van der Waals surface area contributed by atoms with Gasteiger partial charge in [-0.3, -0.25) is 10.1 Å². The van der Waals surface area contributed by atoms with E-state index in [4.69, 9.17) is 20.9 Å². The molecule has 152 valence electrons. The van der Waals surface area contributed by atoms with Crippen LogP contribution in [0.25, 0.3) is 11.3 Å². The summed E-state index contributed by atoms with van der Waals surface area (Å²) < 4.78 is 11.1. The molecule has 0 saturated carbocycles. The van der Waals surface area contributed by atoms with Gasteiger partial charge < -0.3 is 20.9 Å². The molecule has 0 bridgehead atoms. The molecule has 30 heavy (non-hydrogen) atoms. The Labute approximate surface area is 171 Å². The molecule has 2 aromatic carbocycles. The first-order valence-corrected chi connectivity index (χ1v) is 8.72. The lowest BCUT2D eigenvalue weighted by Gasteiger charge is -2.13. The SMILES string of the molecule is COc1cc(-c2nc(N)nc(N)c2C#N)ccc1OCc1ccc(C)cc1[N+](=O)[O-]. The maximum Gasteiger partial charge on any atom is 0.276 e. The monoisotopic (exact) mass is 406 g/mol. The number of anilines is 2. The van der Waals surface area contributed by atoms with Gasteiger partial charge in [-0.05, 0) is 36.8 Å². The Balaban J connectivity index is 1.94. The standard InChI is InChI=1S/C20H18N6O4/c1-11-3-4-13(15(7-11)26(27)28)10-30-16-6-5-12(8-17(16)29-2)18-14(9-21)19(22)25-20(23)24-18/h3-8H,10H2,1-2H3,(H4,22,23,24,25). The lowest BCUT2D eigenvalue weighted by Crippen LogP contribution is -2.05. The molecule has 10 nitrogen and oxygen atoms in total. The number of nitriles is 1. The van der Waals surface area contributed by atoms with Crippen molar-refractivity contribution in [3.63, 3.8) is 0 Å². The highest BCUT2D eigenvalue weighted by atomic mass is 16.6. The quantitative estimate of drug-likeness (QED) is 0.462. The predicted octanol–water partition coefficient (Wildman–Crippen LogP) is 2.98. The van der Waals surface area contributed by atoms with Gasteiger partial charge in [0.1, 0.15) is 24.1 Å². The number of aromatic nitrogens is 2. The average molecular weight is 406 g/mol. The van der Waals surface area contributed by atoms with Crippen molar-refractivity contribution in [1.82, 2.24) is 9.97 Å². The van der Waals surface area contributed by atoms with Crippen LogP contribution in [0.15, 0.2) is 36.4 Å². The molecule has 0 aliphatic carbocycles. The molecule has 3 aromatic rings. The zero-order chi connectivity index (χ0) is 21.8. The number of hydrogen-bond acceptors (Lipinski definition) is 9. The number of hydrogen-bond donors (Lipinski definition) is 2. The highest BCUT2D eigenvalue weighted by Gasteiger charge is 2.18. The number of nitro benzene ring substituents is 1. The fraction of sp³-hybridized carbons (Fsp3) is 0.150. The van der Waals surface area contributed by atoms with E-state index < -0.39 is 4.92 Å². The Morgan fingerprint density at radius 3 is 2.60 bits per heavy atom. The molecular weight excluding hydrogens is 388 g/mol. The lowest BCUT2D eigenvalue weighted by molar-refractivity contribution is -0.385. The summed E-state index contributed by atoms with van der Waals surface area (Å²) in [6, 6.07) is 11.8. The topological polar surface area (TPSA) is 163 Å². The van der Waals surface area contributed by atoms with Gasteiger partial charge in [-0.1, -0.05) is 6.07 Å². The van der Waals surface area contributed by atoms with E-state index in [0.717, 1.165) is 5.56 Å². The summed E-state index contributed by atoms with van der Waals surface area (Å²) in [6.45, 7) is 1.75. The summed E-state index contributed by atoms with van der Waals surface area (Å²) in [5, 5.41) is 20.7. The van der Waals surface area contributed by atoms with Gasteiger partial charge in [-0.2, -0.15) is 10.2 Å². The van der Waals surface area contributed by atoms with Crippen molar-refractivity contribution < 1.29 is 14.4 Å². The van der Waals surface area contributed by atoms with Crippen LogP contribution in [0, 0.1) is 28.4 Å². The zero-order valence-electron chi connectivity index (χ0n) is 16.2. The average Bonchev–Trinajstić information content (AvgIpc) is 2.72. The van der Waals surface area contributed by atoms with Crippen LogP contribution in [0.2, 0.25) is 0 Å². The number of nitrogens with two attached hydrogens (primary N) is 2. The van der Waals surface area contributed by atoms with Crippen molar-refractivity contribution in [2.24, 2.45) is 0 Å². The van der Waals surface area contributed by atoms with Crippen LogP contribution >= 0.6 is 0 Å². The number of nitrogen functional groups attached to an aromatic ring is 2. The highest BCUT2D eigenvalue weighted by molar-refractivity contribution is 5.74. The second-order valence-corrected chi connectivity index (χ2v) is 6.35. The molecule has 1 aromatic heterocycles. The number of nitrogens with zero attached hydrogens (tertiary/aromatic N) is 4. The van der Waals surface area contributed by atoms with E-state index in [0.29, 0.717) is 22.6 Å². The number of benzene rings is 2. The highest BCUT2D eigenvalue weighted by Crippen LogP contribution is 2.35. The Hall–Kier alpha value is -4.39. The third-order valence-electron chi connectivity index (χ3n) is 4.32. The predicted molar refractivity (Wildman–Crippen MR) is 110 cm³/mol. The van der Waals surface area contributed by atoms with E-state index in [1.54, 1.807) is 37.3 Å². The first-order valence-electron chi connectivity index (χ1n) is 8.72. The van der Waals surface area contributed by atoms with Crippen molar-refractivity contribution in [3.05, 3.63) is 63.2 Å². The minimum Gasteiger partial charge on any atom is -0.493 e. The molecule has 4 N–H and O–H groups in total. The van der Waals surface area contributed by atoms with Crippen LogP contribution in [0.4, 0.5) is 17.5 Å². The van der Waals surface area contributed by atoms with Crippen molar-refractivity contribution >= 4 is 17.5 Å². The van der Waals surface area contributed by atoms with Crippen molar-refractivity contribution in [2.45, 2.75) is 13.5 Å². The molecule has 0 saturated heterocycles. The number of aryl methyl sites for hydroxylation is 1. The molecule has 0 unspecified atom stereocenters. The van der Waals surface area contributed by atoms with Gasteiger partial charge in [-0.15, -0.1) is 0 Å². The number of methoxy groups -OCH3 is 1. The molecular formula is C20H18N6O4. The second-order valence-electron chi connectivity index (χ2n) is 6.35. The first kappa shape index (κ1) is 20.3. The van der Waals surface area contributed by atoms with E-state index in [1.807, 2.05) is 6.07 Å². The van der Waals surface area contributed by atoms with E-state index in [-0.39, 0.29) is 35.3 Å². The molecule has 10 heteroatoms. The number of nitro groups is 1. The van der Waals surface area contributed by atoms with Gasteiger partial charge in [-0.25, -0.2) is 4.98 Å². The van der Waals surface area contributed by atoms with Crippen molar-refractivity contribution in [1.29, 1.82) is 5.26 Å². The first-order chi connectivity index (χ1) is 14.3. The summed E-state index contributed by atoms with van der Waals surface area (Å²) in [5.74, 6) is 0.630. The van der Waals surface area contributed by atoms with Crippen LogP contribution in [0.3, 0.4) is 0 Å². The van der Waals surface area contributed by atoms with Crippen LogP contribution in [0.1, 0.15) is 16.7 Å². The van der Waals surface area contributed by atoms with E-state index >= 15 is 0 Å². The summed E-state index contributed by atoms with van der Waals surface area (Å²) in [4.78, 5) is 18.7. The summed E-state index contributed by atoms with van der Waals surface area (Å²) >= 11 is 0.